The molecule has 2 aromatic heterocycles. The van der Waals surface area contributed by atoms with Gasteiger partial charge in [0.05, 0.1) is 0 Å². The Balaban J connectivity index is 1.68. The lowest BCUT2D eigenvalue weighted by Gasteiger charge is -2.31. The molecule has 3 heterocycles. The summed E-state index contributed by atoms with van der Waals surface area (Å²) in [5.74, 6) is 1.07. The molecule has 0 aromatic carbocycles. The Hall–Kier alpha value is -2.11. The molecular weight excluding hydrogens is 268 g/mol. The molecule has 1 saturated heterocycles. The number of nitrogens with one attached hydrogen (secondary N) is 1. The zero-order chi connectivity index (χ0) is 14.7. The SMILES string of the molecule is CCCc1cc(C(=O)N2CCC[C@H](c3ccn[nH]3)C2)no1. The van der Waals surface area contributed by atoms with E-state index in [0.717, 1.165) is 43.7 Å². The van der Waals surface area contributed by atoms with Crippen LogP contribution < -0.4 is 0 Å². The average molecular weight is 288 g/mol. The van der Waals surface area contributed by atoms with E-state index in [4.69, 9.17) is 4.52 Å². The van der Waals surface area contributed by atoms with E-state index in [2.05, 4.69) is 22.3 Å². The van der Waals surface area contributed by atoms with Gasteiger partial charge in [-0.2, -0.15) is 5.10 Å². The van der Waals surface area contributed by atoms with Crippen molar-refractivity contribution in [1.82, 2.24) is 20.3 Å². The van der Waals surface area contributed by atoms with Crippen molar-refractivity contribution >= 4 is 5.91 Å². The molecule has 21 heavy (non-hydrogen) atoms. The van der Waals surface area contributed by atoms with E-state index in [0.29, 0.717) is 18.2 Å². The van der Waals surface area contributed by atoms with Crippen molar-refractivity contribution in [2.24, 2.45) is 0 Å². The highest BCUT2D eigenvalue weighted by atomic mass is 16.5. The number of rotatable bonds is 4. The number of aromatic amines is 1. The molecule has 0 radical (unpaired) electrons. The molecule has 3 rings (SSSR count). The maximum Gasteiger partial charge on any atom is 0.276 e. The normalized spacial score (nSPS) is 18.9. The maximum absolute atomic E-state index is 12.5. The number of nitrogens with zero attached hydrogens (tertiary/aromatic N) is 3. The number of hydrogen-bond donors (Lipinski definition) is 1. The Morgan fingerprint density at radius 3 is 3.24 bits per heavy atom. The van der Waals surface area contributed by atoms with Gasteiger partial charge < -0.3 is 9.42 Å². The van der Waals surface area contributed by atoms with E-state index in [-0.39, 0.29) is 5.91 Å². The van der Waals surface area contributed by atoms with E-state index in [1.54, 1.807) is 12.3 Å². The second-order valence-corrected chi connectivity index (χ2v) is 5.53. The number of aromatic nitrogens is 3. The van der Waals surface area contributed by atoms with Crippen LogP contribution in [0.15, 0.2) is 22.9 Å². The van der Waals surface area contributed by atoms with Crippen LogP contribution in [0, 0.1) is 0 Å². The number of piperidine rings is 1. The van der Waals surface area contributed by atoms with E-state index < -0.39 is 0 Å². The lowest BCUT2D eigenvalue weighted by molar-refractivity contribution is 0.0695. The first-order chi connectivity index (χ1) is 10.3. The molecule has 1 amide bonds. The number of amides is 1. The molecule has 1 N–H and O–H groups in total. The molecule has 0 saturated carbocycles. The van der Waals surface area contributed by atoms with Gasteiger partial charge in [-0.15, -0.1) is 0 Å². The van der Waals surface area contributed by atoms with Crippen molar-refractivity contribution in [3.63, 3.8) is 0 Å². The molecule has 1 atom stereocenters. The molecular formula is C15H20N4O2. The fourth-order valence-electron chi connectivity index (χ4n) is 2.85. The summed E-state index contributed by atoms with van der Waals surface area (Å²) in [4.78, 5) is 14.4. The first-order valence-electron chi connectivity index (χ1n) is 7.52. The molecule has 0 bridgehead atoms. The Kier molecular flexibility index (Phi) is 4.03. The Morgan fingerprint density at radius 2 is 2.48 bits per heavy atom. The number of carbonyl (C=O) groups excluding carboxylic acids is 1. The lowest BCUT2D eigenvalue weighted by Crippen LogP contribution is -2.39. The molecule has 1 aliphatic heterocycles. The van der Waals surface area contributed by atoms with Gasteiger partial charge in [-0.25, -0.2) is 0 Å². The highest BCUT2D eigenvalue weighted by Gasteiger charge is 2.27. The fourth-order valence-corrected chi connectivity index (χ4v) is 2.85. The van der Waals surface area contributed by atoms with Crippen LogP contribution in [0.4, 0.5) is 0 Å². The minimum atomic E-state index is -0.0367. The van der Waals surface area contributed by atoms with Crippen LogP contribution in [0.5, 0.6) is 0 Å². The van der Waals surface area contributed by atoms with Gasteiger partial charge in [0.25, 0.3) is 5.91 Å². The quantitative estimate of drug-likeness (QED) is 0.937. The van der Waals surface area contributed by atoms with Gasteiger partial charge in [0.2, 0.25) is 0 Å². The first kappa shape index (κ1) is 13.9. The first-order valence-corrected chi connectivity index (χ1v) is 7.52. The number of aryl methyl sites for hydroxylation is 1. The number of likely N-dealkylation sites (tertiary alicyclic amines) is 1. The second kappa shape index (κ2) is 6.11. The summed E-state index contributed by atoms with van der Waals surface area (Å²) in [6.07, 6.45) is 5.62. The van der Waals surface area contributed by atoms with Crippen LogP contribution in [0.3, 0.4) is 0 Å². The minimum Gasteiger partial charge on any atom is -0.361 e. The van der Waals surface area contributed by atoms with Crippen molar-refractivity contribution in [3.8, 4) is 0 Å². The summed E-state index contributed by atoms with van der Waals surface area (Å²) >= 11 is 0. The van der Waals surface area contributed by atoms with Gasteiger partial charge >= 0.3 is 0 Å². The van der Waals surface area contributed by atoms with Crippen molar-refractivity contribution in [1.29, 1.82) is 0 Å². The molecule has 1 aliphatic rings. The highest BCUT2D eigenvalue weighted by Crippen LogP contribution is 2.26. The topological polar surface area (TPSA) is 75.0 Å². The average Bonchev–Trinajstić information content (AvgIpc) is 3.18. The highest BCUT2D eigenvalue weighted by molar-refractivity contribution is 5.92. The predicted octanol–water partition coefficient (Wildman–Crippen LogP) is 2.37. The van der Waals surface area contributed by atoms with Crippen LogP contribution in [0.2, 0.25) is 0 Å². The Bertz CT molecular complexity index is 591. The van der Waals surface area contributed by atoms with E-state index in [1.807, 2.05) is 11.0 Å². The summed E-state index contributed by atoms with van der Waals surface area (Å²) in [5, 5.41) is 10.9. The van der Waals surface area contributed by atoms with Gasteiger partial charge in [0.1, 0.15) is 5.76 Å². The maximum atomic E-state index is 12.5. The summed E-state index contributed by atoms with van der Waals surface area (Å²) in [6.45, 7) is 3.56. The van der Waals surface area contributed by atoms with E-state index in [9.17, 15) is 4.79 Å². The van der Waals surface area contributed by atoms with Gasteiger partial charge in [0, 0.05) is 43.4 Å². The molecule has 0 aliphatic carbocycles. The van der Waals surface area contributed by atoms with Crippen molar-refractivity contribution in [2.45, 2.75) is 38.5 Å². The molecule has 6 nitrogen and oxygen atoms in total. The van der Waals surface area contributed by atoms with Gasteiger partial charge in [-0.05, 0) is 25.3 Å². The van der Waals surface area contributed by atoms with E-state index in [1.165, 1.54) is 0 Å². The van der Waals surface area contributed by atoms with Gasteiger partial charge in [-0.3, -0.25) is 9.89 Å². The van der Waals surface area contributed by atoms with Gasteiger partial charge in [0.15, 0.2) is 5.69 Å². The van der Waals surface area contributed by atoms with Crippen LogP contribution >= 0.6 is 0 Å². The van der Waals surface area contributed by atoms with Crippen LogP contribution in [0.25, 0.3) is 0 Å². The molecule has 0 unspecified atom stereocenters. The zero-order valence-electron chi connectivity index (χ0n) is 12.2. The summed E-state index contributed by atoms with van der Waals surface area (Å²) in [6, 6.07) is 3.75. The smallest absolute Gasteiger partial charge is 0.276 e. The molecule has 112 valence electrons. The monoisotopic (exact) mass is 288 g/mol. The zero-order valence-corrected chi connectivity index (χ0v) is 12.2. The lowest BCUT2D eigenvalue weighted by atomic mass is 9.95. The van der Waals surface area contributed by atoms with Gasteiger partial charge in [-0.1, -0.05) is 12.1 Å². The number of carbonyl (C=O) groups is 1. The third-order valence-electron chi connectivity index (χ3n) is 3.95. The second-order valence-electron chi connectivity index (χ2n) is 5.53. The Morgan fingerprint density at radius 1 is 1.57 bits per heavy atom. The van der Waals surface area contributed by atoms with Crippen molar-refractivity contribution < 1.29 is 9.32 Å². The predicted molar refractivity (Wildman–Crippen MR) is 77.0 cm³/mol. The van der Waals surface area contributed by atoms with Crippen LogP contribution in [0.1, 0.15) is 54.0 Å². The van der Waals surface area contributed by atoms with Crippen LogP contribution in [-0.2, 0) is 6.42 Å². The standard InChI is InChI=1S/C15H20N4O2/c1-2-4-12-9-14(18-21-12)15(20)19-8-3-5-11(10-19)13-6-7-16-17-13/h6-7,9,11H,2-5,8,10H2,1H3,(H,16,17)/t11-/m0/s1. The molecule has 6 heteroatoms. The molecule has 1 fully saturated rings. The third kappa shape index (κ3) is 2.99. The minimum absolute atomic E-state index is 0.0367. The molecule has 0 spiro atoms. The molecule has 2 aromatic rings. The van der Waals surface area contributed by atoms with Crippen molar-refractivity contribution in [2.75, 3.05) is 13.1 Å². The van der Waals surface area contributed by atoms with E-state index >= 15 is 0 Å². The summed E-state index contributed by atoms with van der Waals surface area (Å²) in [7, 11) is 0. The Labute approximate surface area is 123 Å². The number of hydrogen-bond acceptors (Lipinski definition) is 4. The van der Waals surface area contributed by atoms with Crippen molar-refractivity contribution in [3.05, 3.63) is 35.5 Å². The largest absolute Gasteiger partial charge is 0.361 e. The fraction of sp³-hybridized carbons (Fsp3) is 0.533. The summed E-state index contributed by atoms with van der Waals surface area (Å²) < 4.78 is 5.20. The number of H-pyrrole nitrogens is 1. The third-order valence-corrected chi connectivity index (χ3v) is 3.95. The summed E-state index contributed by atoms with van der Waals surface area (Å²) in [5.41, 5.74) is 1.52. The van der Waals surface area contributed by atoms with Crippen LogP contribution in [-0.4, -0.2) is 39.3 Å².